The summed E-state index contributed by atoms with van der Waals surface area (Å²) in [6, 6.07) is 11.5. The second-order valence-electron chi connectivity index (χ2n) is 5.28. The van der Waals surface area contributed by atoms with E-state index in [0.29, 0.717) is 18.0 Å². The van der Waals surface area contributed by atoms with Crippen LogP contribution < -0.4 is 20.1 Å². The number of anilines is 1. The molecule has 24 heavy (non-hydrogen) atoms. The number of amides is 1. The standard InChI is InChI=1S/C18H21BrN2O3/c1-12-4-6-14(9-15(12)19)20-11-18(22)21-10-13-5-7-16(23-2)17(8-13)24-3/h4-9,20H,10-11H2,1-3H3,(H,21,22). The molecule has 0 aliphatic heterocycles. The van der Waals surface area contributed by atoms with E-state index in [-0.39, 0.29) is 12.5 Å². The predicted molar refractivity (Wildman–Crippen MR) is 98.8 cm³/mol. The molecule has 0 bridgehead atoms. The summed E-state index contributed by atoms with van der Waals surface area (Å²) >= 11 is 3.48. The van der Waals surface area contributed by atoms with Crippen LogP contribution in [0.15, 0.2) is 40.9 Å². The van der Waals surface area contributed by atoms with Crippen molar-refractivity contribution in [2.24, 2.45) is 0 Å². The van der Waals surface area contributed by atoms with Crippen molar-refractivity contribution >= 4 is 27.5 Å². The van der Waals surface area contributed by atoms with Gasteiger partial charge in [0.15, 0.2) is 11.5 Å². The van der Waals surface area contributed by atoms with Crippen molar-refractivity contribution in [1.29, 1.82) is 0 Å². The van der Waals surface area contributed by atoms with Gasteiger partial charge in [0.05, 0.1) is 20.8 Å². The molecule has 0 saturated carbocycles. The van der Waals surface area contributed by atoms with Crippen LogP contribution in [-0.2, 0) is 11.3 Å². The van der Waals surface area contributed by atoms with Gasteiger partial charge in [0.1, 0.15) is 0 Å². The van der Waals surface area contributed by atoms with Gasteiger partial charge in [0.25, 0.3) is 0 Å². The first-order valence-electron chi connectivity index (χ1n) is 7.51. The summed E-state index contributed by atoms with van der Waals surface area (Å²) < 4.78 is 11.5. The highest BCUT2D eigenvalue weighted by Crippen LogP contribution is 2.27. The largest absolute Gasteiger partial charge is 0.493 e. The highest BCUT2D eigenvalue weighted by Gasteiger charge is 2.06. The zero-order chi connectivity index (χ0) is 17.5. The Morgan fingerprint density at radius 3 is 2.50 bits per heavy atom. The lowest BCUT2D eigenvalue weighted by molar-refractivity contribution is -0.119. The van der Waals surface area contributed by atoms with Crippen LogP contribution in [0.1, 0.15) is 11.1 Å². The van der Waals surface area contributed by atoms with Crippen LogP contribution >= 0.6 is 15.9 Å². The summed E-state index contributed by atoms with van der Waals surface area (Å²) in [5.74, 6) is 1.23. The van der Waals surface area contributed by atoms with E-state index in [9.17, 15) is 4.79 Å². The zero-order valence-corrected chi connectivity index (χ0v) is 15.6. The molecule has 0 saturated heterocycles. The Bertz CT molecular complexity index is 719. The maximum atomic E-state index is 12.0. The van der Waals surface area contributed by atoms with E-state index in [4.69, 9.17) is 9.47 Å². The average Bonchev–Trinajstić information content (AvgIpc) is 2.60. The number of rotatable bonds is 7. The summed E-state index contributed by atoms with van der Waals surface area (Å²) in [6.07, 6.45) is 0. The van der Waals surface area contributed by atoms with Crippen LogP contribution in [0.2, 0.25) is 0 Å². The lowest BCUT2D eigenvalue weighted by Gasteiger charge is -2.11. The van der Waals surface area contributed by atoms with Gasteiger partial charge in [-0.05, 0) is 42.3 Å². The number of carbonyl (C=O) groups is 1. The van der Waals surface area contributed by atoms with Gasteiger partial charge in [0, 0.05) is 16.7 Å². The summed E-state index contributed by atoms with van der Waals surface area (Å²) in [4.78, 5) is 12.0. The van der Waals surface area contributed by atoms with Gasteiger partial charge in [-0.25, -0.2) is 0 Å². The second kappa shape index (κ2) is 8.59. The first-order valence-corrected chi connectivity index (χ1v) is 8.30. The molecule has 6 heteroatoms. The number of aryl methyl sites for hydroxylation is 1. The lowest BCUT2D eigenvalue weighted by Crippen LogP contribution is -2.29. The van der Waals surface area contributed by atoms with Crippen LogP contribution in [0.3, 0.4) is 0 Å². The molecule has 0 aromatic heterocycles. The van der Waals surface area contributed by atoms with E-state index in [2.05, 4.69) is 26.6 Å². The Morgan fingerprint density at radius 1 is 1.08 bits per heavy atom. The van der Waals surface area contributed by atoms with Crippen LogP contribution in [0.25, 0.3) is 0 Å². The molecule has 0 unspecified atom stereocenters. The Balaban J connectivity index is 1.85. The molecular formula is C18H21BrN2O3. The summed E-state index contributed by atoms with van der Waals surface area (Å²) in [7, 11) is 3.18. The van der Waals surface area contributed by atoms with E-state index in [1.165, 1.54) is 0 Å². The molecule has 0 atom stereocenters. The van der Waals surface area contributed by atoms with Crippen molar-refractivity contribution in [2.45, 2.75) is 13.5 Å². The minimum Gasteiger partial charge on any atom is -0.493 e. The van der Waals surface area contributed by atoms with Gasteiger partial charge < -0.3 is 20.1 Å². The molecule has 5 nitrogen and oxygen atoms in total. The molecule has 0 aliphatic carbocycles. The predicted octanol–water partition coefficient (Wildman–Crippen LogP) is 3.50. The van der Waals surface area contributed by atoms with E-state index in [1.807, 2.05) is 43.3 Å². The fourth-order valence-corrected chi connectivity index (χ4v) is 2.52. The minimum absolute atomic E-state index is 0.0820. The van der Waals surface area contributed by atoms with Crippen molar-refractivity contribution in [2.75, 3.05) is 26.1 Å². The molecule has 0 fully saturated rings. The molecule has 1 amide bonds. The van der Waals surface area contributed by atoms with Gasteiger partial charge in [-0.15, -0.1) is 0 Å². The zero-order valence-electron chi connectivity index (χ0n) is 14.0. The van der Waals surface area contributed by atoms with Gasteiger partial charge in [-0.1, -0.05) is 28.1 Å². The number of halogens is 1. The summed E-state index contributed by atoms with van der Waals surface area (Å²) in [5, 5.41) is 5.98. The molecule has 2 rings (SSSR count). The third kappa shape index (κ3) is 4.89. The van der Waals surface area contributed by atoms with Crippen LogP contribution in [-0.4, -0.2) is 26.7 Å². The molecule has 0 aliphatic rings. The fourth-order valence-electron chi connectivity index (χ4n) is 2.14. The van der Waals surface area contributed by atoms with Crippen LogP contribution in [0.4, 0.5) is 5.69 Å². The number of benzene rings is 2. The fraction of sp³-hybridized carbons (Fsp3) is 0.278. The molecule has 2 aromatic rings. The molecule has 2 N–H and O–H groups in total. The van der Waals surface area contributed by atoms with E-state index < -0.39 is 0 Å². The van der Waals surface area contributed by atoms with Crippen molar-refractivity contribution in [3.63, 3.8) is 0 Å². The molecule has 128 valence electrons. The van der Waals surface area contributed by atoms with E-state index in [1.54, 1.807) is 14.2 Å². The number of hydrogen-bond donors (Lipinski definition) is 2. The first kappa shape index (κ1) is 18.1. The van der Waals surface area contributed by atoms with Gasteiger partial charge in [-0.3, -0.25) is 4.79 Å². The maximum absolute atomic E-state index is 12.0. The van der Waals surface area contributed by atoms with Crippen LogP contribution in [0, 0.1) is 6.92 Å². The third-order valence-corrected chi connectivity index (χ3v) is 4.42. The monoisotopic (exact) mass is 392 g/mol. The number of hydrogen-bond acceptors (Lipinski definition) is 4. The molecule has 0 radical (unpaired) electrons. The number of ether oxygens (including phenoxy) is 2. The average molecular weight is 393 g/mol. The van der Waals surface area contributed by atoms with Gasteiger partial charge in [0.2, 0.25) is 5.91 Å². The molecular weight excluding hydrogens is 372 g/mol. The third-order valence-electron chi connectivity index (χ3n) is 3.56. The highest BCUT2D eigenvalue weighted by molar-refractivity contribution is 9.10. The topological polar surface area (TPSA) is 59.6 Å². The maximum Gasteiger partial charge on any atom is 0.239 e. The van der Waals surface area contributed by atoms with E-state index >= 15 is 0 Å². The molecule has 0 spiro atoms. The summed E-state index contributed by atoms with van der Waals surface area (Å²) in [6.45, 7) is 2.66. The normalized spacial score (nSPS) is 10.2. The summed E-state index contributed by atoms with van der Waals surface area (Å²) in [5.41, 5.74) is 2.99. The minimum atomic E-state index is -0.0820. The number of methoxy groups -OCH3 is 2. The van der Waals surface area contributed by atoms with E-state index in [0.717, 1.165) is 21.3 Å². The van der Waals surface area contributed by atoms with Crippen molar-refractivity contribution in [3.8, 4) is 11.5 Å². The van der Waals surface area contributed by atoms with Crippen molar-refractivity contribution in [3.05, 3.63) is 52.0 Å². The smallest absolute Gasteiger partial charge is 0.239 e. The number of nitrogens with one attached hydrogen (secondary N) is 2. The molecule has 0 heterocycles. The van der Waals surface area contributed by atoms with Gasteiger partial charge in [-0.2, -0.15) is 0 Å². The Morgan fingerprint density at radius 2 is 1.83 bits per heavy atom. The van der Waals surface area contributed by atoms with Crippen molar-refractivity contribution in [1.82, 2.24) is 5.32 Å². The molecule has 2 aromatic carbocycles. The van der Waals surface area contributed by atoms with Crippen LogP contribution in [0.5, 0.6) is 11.5 Å². The Kier molecular flexibility index (Phi) is 6.49. The highest BCUT2D eigenvalue weighted by atomic mass is 79.9. The Hall–Kier alpha value is -2.21. The lowest BCUT2D eigenvalue weighted by atomic mass is 10.2. The number of carbonyl (C=O) groups excluding carboxylic acids is 1. The first-order chi connectivity index (χ1) is 11.5. The second-order valence-corrected chi connectivity index (χ2v) is 6.14. The van der Waals surface area contributed by atoms with Gasteiger partial charge >= 0.3 is 0 Å². The SMILES string of the molecule is COc1ccc(CNC(=O)CNc2ccc(C)c(Br)c2)cc1OC. The van der Waals surface area contributed by atoms with Crippen molar-refractivity contribution < 1.29 is 14.3 Å². The quantitative estimate of drug-likeness (QED) is 0.756. The Labute approximate surface area is 150 Å².